The maximum atomic E-state index is 10.9. The first-order valence-corrected chi connectivity index (χ1v) is 4.32. The van der Waals surface area contributed by atoms with Crippen molar-refractivity contribution in [2.75, 3.05) is 20.7 Å². The Morgan fingerprint density at radius 3 is 2.69 bits per heavy atom. The van der Waals surface area contributed by atoms with Gasteiger partial charge in [0, 0.05) is 0 Å². The average molecular weight is 190 g/mol. The molecule has 0 saturated carbocycles. The molecule has 0 spiro atoms. The Balaban J connectivity index is 0.000000671. The van der Waals surface area contributed by atoms with Gasteiger partial charge in [-0.25, -0.2) is 0 Å². The normalized spacial score (nSPS) is 27.1. The summed E-state index contributed by atoms with van der Waals surface area (Å²) in [5.74, 6) is -0.378. The average Bonchev–Trinajstić information content (AvgIpc) is 2.20. The van der Waals surface area contributed by atoms with Gasteiger partial charge in [0.2, 0.25) is 0 Å². The molecular formula is C8H18N2O3. The minimum atomic E-state index is -0.587. The zero-order valence-electron chi connectivity index (χ0n) is 8.12. The Morgan fingerprint density at radius 2 is 2.23 bits per heavy atom. The first kappa shape index (κ1) is 12.3. The van der Waals surface area contributed by atoms with E-state index in [9.17, 15) is 9.90 Å². The Morgan fingerprint density at radius 1 is 1.62 bits per heavy atom. The van der Waals surface area contributed by atoms with Gasteiger partial charge >= 0.3 is 5.97 Å². The Bertz CT molecular complexity index is 152. The van der Waals surface area contributed by atoms with Crippen LogP contribution in [0.1, 0.15) is 12.8 Å². The number of hydrogen-bond donors (Lipinski definition) is 3. The molecule has 1 aliphatic rings. The van der Waals surface area contributed by atoms with Crippen LogP contribution < -0.4 is 11.1 Å². The minimum Gasteiger partial charge on any atom is -0.468 e. The molecule has 2 unspecified atom stereocenters. The summed E-state index contributed by atoms with van der Waals surface area (Å²) in [7, 11) is 2.82. The van der Waals surface area contributed by atoms with Gasteiger partial charge in [0.25, 0.3) is 0 Å². The van der Waals surface area contributed by atoms with E-state index in [1.165, 1.54) is 14.2 Å². The van der Waals surface area contributed by atoms with Gasteiger partial charge in [-0.15, -0.1) is 0 Å². The zero-order chi connectivity index (χ0) is 10.3. The van der Waals surface area contributed by atoms with E-state index in [1.54, 1.807) is 0 Å². The van der Waals surface area contributed by atoms with E-state index in [0.29, 0.717) is 6.42 Å². The lowest BCUT2D eigenvalue weighted by Crippen LogP contribution is -2.50. The second kappa shape index (κ2) is 6.82. The molecule has 0 radical (unpaired) electrons. The summed E-state index contributed by atoms with van der Waals surface area (Å²) < 4.78 is 4.50. The van der Waals surface area contributed by atoms with Crippen LogP contribution in [0.3, 0.4) is 0 Å². The number of aliphatic hydroxyl groups excluding tert-OH is 1. The molecule has 0 amide bonds. The summed E-state index contributed by atoms with van der Waals surface area (Å²) >= 11 is 0. The number of esters is 1. The number of methoxy groups -OCH3 is 1. The molecule has 0 aromatic heterocycles. The highest BCUT2D eigenvalue weighted by Crippen LogP contribution is 2.08. The third-order valence-corrected chi connectivity index (χ3v) is 1.88. The topological polar surface area (TPSA) is 84.6 Å². The number of hydrogen-bond acceptors (Lipinski definition) is 5. The lowest BCUT2D eigenvalue weighted by molar-refractivity contribution is -0.147. The van der Waals surface area contributed by atoms with E-state index >= 15 is 0 Å². The van der Waals surface area contributed by atoms with Gasteiger partial charge < -0.3 is 20.9 Å². The van der Waals surface area contributed by atoms with Crippen molar-refractivity contribution in [2.45, 2.75) is 25.0 Å². The Hall–Kier alpha value is -0.650. The third-order valence-electron chi connectivity index (χ3n) is 1.88. The van der Waals surface area contributed by atoms with Crippen LogP contribution in [-0.4, -0.2) is 43.9 Å². The third kappa shape index (κ3) is 3.71. The Labute approximate surface area is 78.3 Å². The summed E-state index contributed by atoms with van der Waals surface area (Å²) in [5.41, 5.74) is 4.50. The van der Waals surface area contributed by atoms with E-state index in [-0.39, 0.29) is 5.97 Å². The van der Waals surface area contributed by atoms with Crippen LogP contribution in [0.5, 0.6) is 0 Å². The molecule has 5 heteroatoms. The number of nitrogens with two attached hydrogens (primary N) is 1. The summed E-state index contributed by atoms with van der Waals surface area (Å²) in [5, 5.41) is 12.2. The number of carbonyl (C=O) groups is 1. The Kier molecular flexibility index (Phi) is 6.48. The largest absolute Gasteiger partial charge is 0.468 e. The van der Waals surface area contributed by atoms with Gasteiger partial charge in [-0.2, -0.15) is 0 Å². The van der Waals surface area contributed by atoms with E-state index in [2.05, 4.69) is 15.8 Å². The molecule has 13 heavy (non-hydrogen) atoms. The predicted octanol–water partition coefficient (Wildman–Crippen LogP) is -1.15. The second-order valence-electron chi connectivity index (χ2n) is 2.66. The fraction of sp³-hybridized carbons (Fsp3) is 0.875. The summed E-state index contributed by atoms with van der Waals surface area (Å²) in [4.78, 5) is 10.9. The molecular weight excluding hydrogens is 172 g/mol. The molecule has 0 aliphatic carbocycles. The van der Waals surface area contributed by atoms with Crippen LogP contribution in [0.4, 0.5) is 0 Å². The molecule has 5 nitrogen and oxygen atoms in total. The van der Waals surface area contributed by atoms with Crippen LogP contribution in [0.25, 0.3) is 0 Å². The molecule has 1 fully saturated rings. The number of carbonyl (C=O) groups excluding carboxylic acids is 1. The molecule has 0 aromatic carbocycles. The highest BCUT2D eigenvalue weighted by atomic mass is 16.5. The number of aliphatic hydroxyl groups is 1. The van der Waals surface area contributed by atoms with E-state index in [0.717, 1.165) is 13.0 Å². The molecule has 78 valence electrons. The molecule has 0 aromatic rings. The molecule has 1 saturated heterocycles. The van der Waals surface area contributed by atoms with Crippen molar-refractivity contribution in [3.8, 4) is 0 Å². The van der Waals surface area contributed by atoms with Crippen LogP contribution in [-0.2, 0) is 9.53 Å². The summed E-state index contributed by atoms with van der Waals surface area (Å²) in [6.45, 7) is 0.775. The molecule has 1 heterocycles. The molecule has 4 N–H and O–H groups in total. The van der Waals surface area contributed by atoms with Crippen molar-refractivity contribution >= 4 is 5.97 Å². The van der Waals surface area contributed by atoms with Gasteiger partial charge in [-0.3, -0.25) is 4.79 Å². The fourth-order valence-electron chi connectivity index (χ4n) is 1.24. The van der Waals surface area contributed by atoms with Crippen molar-refractivity contribution in [1.29, 1.82) is 0 Å². The number of piperidine rings is 1. The highest BCUT2D eigenvalue weighted by molar-refractivity contribution is 5.76. The molecule has 1 aliphatic heterocycles. The standard InChI is InChI=1S/C7H13NO3.CH5N/c1-11-7(10)6-5(9)3-2-4-8-6;1-2/h5-6,8-9H,2-4H2,1H3;2H2,1H3. The van der Waals surface area contributed by atoms with E-state index < -0.39 is 12.1 Å². The highest BCUT2D eigenvalue weighted by Gasteiger charge is 2.29. The summed E-state index contributed by atoms with van der Waals surface area (Å²) in [6.07, 6.45) is 0.998. The lowest BCUT2D eigenvalue weighted by Gasteiger charge is -2.26. The monoisotopic (exact) mass is 190 g/mol. The maximum Gasteiger partial charge on any atom is 0.325 e. The van der Waals surface area contributed by atoms with Gasteiger partial charge in [0.15, 0.2) is 0 Å². The quantitative estimate of drug-likeness (QED) is 0.454. The number of rotatable bonds is 1. The van der Waals surface area contributed by atoms with Crippen molar-refractivity contribution in [3.63, 3.8) is 0 Å². The molecule has 0 bridgehead atoms. The fourth-order valence-corrected chi connectivity index (χ4v) is 1.24. The van der Waals surface area contributed by atoms with E-state index in [4.69, 9.17) is 0 Å². The molecule has 2 atom stereocenters. The molecule has 1 rings (SSSR count). The van der Waals surface area contributed by atoms with E-state index in [1.807, 2.05) is 0 Å². The van der Waals surface area contributed by atoms with Crippen molar-refractivity contribution in [1.82, 2.24) is 5.32 Å². The van der Waals surface area contributed by atoms with Crippen molar-refractivity contribution in [2.24, 2.45) is 5.73 Å². The maximum absolute atomic E-state index is 10.9. The van der Waals surface area contributed by atoms with Crippen LogP contribution in [0.2, 0.25) is 0 Å². The second-order valence-corrected chi connectivity index (χ2v) is 2.66. The number of nitrogens with one attached hydrogen (secondary N) is 1. The van der Waals surface area contributed by atoms with Crippen molar-refractivity contribution in [3.05, 3.63) is 0 Å². The minimum absolute atomic E-state index is 0.378. The van der Waals surface area contributed by atoms with Crippen LogP contribution >= 0.6 is 0 Å². The van der Waals surface area contributed by atoms with Gasteiger partial charge in [-0.1, -0.05) is 0 Å². The van der Waals surface area contributed by atoms with Gasteiger partial charge in [0.05, 0.1) is 13.2 Å². The van der Waals surface area contributed by atoms with Gasteiger partial charge in [-0.05, 0) is 26.4 Å². The smallest absolute Gasteiger partial charge is 0.325 e. The number of ether oxygens (including phenoxy) is 1. The lowest BCUT2D eigenvalue weighted by atomic mass is 10.0. The first-order valence-electron chi connectivity index (χ1n) is 4.32. The SMILES string of the molecule is CN.COC(=O)C1NCCCC1O. The predicted molar refractivity (Wildman–Crippen MR) is 49.2 cm³/mol. The van der Waals surface area contributed by atoms with Crippen LogP contribution in [0.15, 0.2) is 0 Å². The van der Waals surface area contributed by atoms with Crippen molar-refractivity contribution < 1.29 is 14.6 Å². The first-order chi connectivity index (χ1) is 6.25. The summed E-state index contributed by atoms with van der Waals surface area (Å²) in [6, 6.07) is -0.520. The van der Waals surface area contributed by atoms with Crippen LogP contribution in [0, 0.1) is 0 Å². The van der Waals surface area contributed by atoms with Gasteiger partial charge in [0.1, 0.15) is 6.04 Å². The zero-order valence-corrected chi connectivity index (χ0v) is 8.12.